The molecule has 0 saturated carbocycles. The Morgan fingerprint density at radius 3 is 2.89 bits per heavy atom. The van der Waals surface area contributed by atoms with Gasteiger partial charge >= 0.3 is 0 Å². The fourth-order valence-electron chi connectivity index (χ4n) is 1.86. The fraction of sp³-hybridized carbons (Fsp3) is 0.600. The number of hydrogen-bond donors (Lipinski definition) is 1. The second-order valence-corrected chi connectivity index (χ2v) is 5.75. The van der Waals surface area contributed by atoms with Gasteiger partial charge in [-0.3, -0.25) is 0 Å². The van der Waals surface area contributed by atoms with E-state index >= 15 is 0 Å². The van der Waals surface area contributed by atoms with E-state index in [1.807, 2.05) is 36.0 Å². The number of nitrogens with zero attached hydrogens (tertiary/aromatic N) is 1. The van der Waals surface area contributed by atoms with E-state index in [1.54, 1.807) is 0 Å². The van der Waals surface area contributed by atoms with Crippen molar-refractivity contribution in [2.24, 2.45) is 5.73 Å². The molecular weight excluding hydrogens is 256 g/mol. The molecule has 0 saturated heterocycles. The third-order valence-corrected chi connectivity index (χ3v) is 4.03. The Labute approximate surface area is 121 Å². The van der Waals surface area contributed by atoms with Gasteiger partial charge in [0.25, 0.3) is 0 Å². The molecule has 1 unspecified atom stereocenters. The van der Waals surface area contributed by atoms with Gasteiger partial charge in [-0.2, -0.15) is 11.8 Å². The second-order valence-electron chi connectivity index (χ2n) is 4.84. The van der Waals surface area contributed by atoms with Crippen LogP contribution in [0, 0.1) is 0 Å². The van der Waals surface area contributed by atoms with E-state index in [-0.39, 0.29) is 0 Å². The van der Waals surface area contributed by atoms with Crippen molar-refractivity contribution in [1.82, 2.24) is 4.90 Å². The zero-order valence-corrected chi connectivity index (χ0v) is 13.1. The predicted molar refractivity (Wildman–Crippen MR) is 84.9 cm³/mol. The minimum Gasteiger partial charge on any atom is -0.494 e. The van der Waals surface area contributed by atoms with E-state index < -0.39 is 0 Å². The highest BCUT2D eigenvalue weighted by Gasteiger charge is 2.07. The number of ether oxygens (including phenoxy) is 1. The molecule has 0 aliphatic carbocycles. The number of hydrogen-bond acceptors (Lipinski definition) is 4. The maximum absolute atomic E-state index is 5.75. The summed E-state index contributed by atoms with van der Waals surface area (Å²) in [5, 5.41) is 0. The Balaban J connectivity index is 2.23. The molecule has 3 nitrogen and oxygen atoms in total. The summed E-state index contributed by atoms with van der Waals surface area (Å²) in [6, 6.07) is 8.63. The maximum atomic E-state index is 5.75. The molecular formula is C15H26N2OS. The topological polar surface area (TPSA) is 38.5 Å². The normalized spacial score (nSPS) is 12.7. The van der Waals surface area contributed by atoms with Crippen molar-refractivity contribution < 1.29 is 4.74 Å². The van der Waals surface area contributed by atoms with Gasteiger partial charge in [0, 0.05) is 24.9 Å². The molecule has 0 aromatic heterocycles. The Bertz CT molecular complexity index is 360. The molecule has 1 aromatic carbocycles. The number of thioether (sulfide) groups is 1. The highest BCUT2D eigenvalue weighted by molar-refractivity contribution is 7.98. The van der Waals surface area contributed by atoms with Crippen LogP contribution in [0.5, 0.6) is 5.75 Å². The van der Waals surface area contributed by atoms with Gasteiger partial charge in [-0.15, -0.1) is 0 Å². The molecule has 0 radical (unpaired) electrons. The van der Waals surface area contributed by atoms with Crippen molar-refractivity contribution >= 4 is 11.8 Å². The Hall–Kier alpha value is -0.710. The van der Waals surface area contributed by atoms with Gasteiger partial charge in [0.15, 0.2) is 0 Å². The molecule has 19 heavy (non-hydrogen) atoms. The molecule has 108 valence electrons. The summed E-state index contributed by atoms with van der Waals surface area (Å²) in [6.07, 6.45) is 3.19. The van der Waals surface area contributed by atoms with Crippen LogP contribution >= 0.6 is 11.8 Å². The average molecular weight is 282 g/mol. The summed E-state index contributed by atoms with van der Waals surface area (Å²) in [4.78, 5) is 2.39. The van der Waals surface area contributed by atoms with Crippen LogP contribution in [0.15, 0.2) is 24.3 Å². The van der Waals surface area contributed by atoms with Crippen molar-refractivity contribution in [2.45, 2.75) is 25.9 Å². The lowest BCUT2D eigenvalue weighted by Crippen LogP contribution is -2.32. The van der Waals surface area contributed by atoms with E-state index in [9.17, 15) is 0 Å². The second kappa shape index (κ2) is 9.23. The van der Waals surface area contributed by atoms with Crippen molar-refractivity contribution in [3.63, 3.8) is 0 Å². The lowest BCUT2D eigenvalue weighted by Gasteiger charge is -2.23. The molecule has 1 atom stereocenters. The molecule has 0 aliphatic heterocycles. The third kappa shape index (κ3) is 6.32. The van der Waals surface area contributed by atoms with Crippen LogP contribution in [-0.4, -0.2) is 43.1 Å². The summed E-state index contributed by atoms with van der Waals surface area (Å²) in [5.74, 6) is 2.10. The highest BCUT2D eigenvalue weighted by Crippen LogP contribution is 2.13. The lowest BCUT2D eigenvalue weighted by molar-refractivity contribution is 0.236. The minimum absolute atomic E-state index is 0.562. The SMILES string of the molecule is CSCC(C)N(C)CCCOc1cccc(CN)c1. The van der Waals surface area contributed by atoms with Crippen LogP contribution in [0.2, 0.25) is 0 Å². The summed E-state index contributed by atoms with van der Waals surface area (Å²) in [5.41, 5.74) is 6.72. The Morgan fingerprint density at radius 2 is 2.21 bits per heavy atom. The largest absolute Gasteiger partial charge is 0.494 e. The maximum Gasteiger partial charge on any atom is 0.119 e. The quantitative estimate of drug-likeness (QED) is 0.707. The van der Waals surface area contributed by atoms with Crippen LogP contribution in [-0.2, 0) is 6.54 Å². The zero-order valence-electron chi connectivity index (χ0n) is 12.3. The van der Waals surface area contributed by atoms with Crippen LogP contribution in [0.25, 0.3) is 0 Å². The monoisotopic (exact) mass is 282 g/mol. The molecule has 0 fully saturated rings. The lowest BCUT2D eigenvalue weighted by atomic mass is 10.2. The van der Waals surface area contributed by atoms with Crippen molar-refractivity contribution in [3.8, 4) is 5.75 Å². The van der Waals surface area contributed by atoms with E-state index in [0.717, 1.165) is 30.9 Å². The standard InChI is InChI=1S/C15H26N2OS/c1-13(12-19-3)17(2)8-5-9-18-15-7-4-6-14(10-15)11-16/h4,6-7,10,13H,5,8-9,11-12,16H2,1-3H3. The zero-order chi connectivity index (χ0) is 14.1. The van der Waals surface area contributed by atoms with E-state index in [1.165, 1.54) is 5.75 Å². The van der Waals surface area contributed by atoms with E-state index in [2.05, 4.69) is 25.1 Å². The van der Waals surface area contributed by atoms with E-state index in [0.29, 0.717) is 12.6 Å². The molecule has 0 bridgehead atoms. The molecule has 0 heterocycles. The Kier molecular flexibility index (Phi) is 7.94. The first-order valence-corrected chi connectivity index (χ1v) is 8.17. The first-order valence-electron chi connectivity index (χ1n) is 6.78. The molecule has 4 heteroatoms. The first-order chi connectivity index (χ1) is 9.17. The molecule has 1 aromatic rings. The van der Waals surface area contributed by atoms with Gasteiger partial charge in [-0.1, -0.05) is 12.1 Å². The number of benzene rings is 1. The summed E-state index contributed by atoms with van der Waals surface area (Å²) < 4.78 is 5.75. The Morgan fingerprint density at radius 1 is 1.42 bits per heavy atom. The first kappa shape index (κ1) is 16.3. The van der Waals surface area contributed by atoms with Gasteiger partial charge in [0.1, 0.15) is 5.75 Å². The van der Waals surface area contributed by atoms with Crippen LogP contribution in [0.1, 0.15) is 18.9 Å². The third-order valence-electron chi connectivity index (χ3n) is 3.22. The number of nitrogens with two attached hydrogens (primary N) is 1. The van der Waals surface area contributed by atoms with Gasteiger partial charge in [-0.05, 0) is 44.3 Å². The smallest absolute Gasteiger partial charge is 0.119 e. The summed E-state index contributed by atoms with van der Waals surface area (Å²) >= 11 is 1.89. The summed E-state index contributed by atoms with van der Waals surface area (Å²) in [6.45, 7) is 4.65. The molecule has 2 N–H and O–H groups in total. The molecule has 0 amide bonds. The van der Waals surface area contributed by atoms with Crippen molar-refractivity contribution in [3.05, 3.63) is 29.8 Å². The van der Waals surface area contributed by atoms with Gasteiger partial charge in [-0.25, -0.2) is 0 Å². The van der Waals surface area contributed by atoms with E-state index in [4.69, 9.17) is 10.5 Å². The van der Waals surface area contributed by atoms with Crippen LogP contribution < -0.4 is 10.5 Å². The van der Waals surface area contributed by atoms with Gasteiger partial charge in [0.2, 0.25) is 0 Å². The fourth-order valence-corrected chi connectivity index (χ4v) is 2.59. The molecule has 0 spiro atoms. The molecule has 0 aliphatic rings. The number of rotatable bonds is 9. The average Bonchev–Trinajstić information content (AvgIpc) is 2.43. The van der Waals surface area contributed by atoms with Crippen LogP contribution in [0.3, 0.4) is 0 Å². The van der Waals surface area contributed by atoms with Crippen molar-refractivity contribution in [2.75, 3.05) is 32.2 Å². The van der Waals surface area contributed by atoms with Gasteiger partial charge in [0.05, 0.1) is 6.61 Å². The predicted octanol–water partition coefficient (Wildman–Crippen LogP) is 2.60. The van der Waals surface area contributed by atoms with Gasteiger partial charge < -0.3 is 15.4 Å². The highest BCUT2D eigenvalue weighted by atomic mass is 32.2. The minimum atomic E-state index is 0.562. The molecule has 1 rings (SSSR count). The van der Waals surface area contributed by atoms with Crippen LogP contribution in [0.4, 0.5) is 0 Å². The summed E-state index contributed by atoms with van der Waals surface area (Å²) in [7, 11) is 2.18. The van der Waals surface area contributed by atoms with Crippen molar-refractivity contribution in [1.29, 1.82) is 0 Å².